The minimum Gasteiger partial charge on any atom is -0.310 e. The van der Waals surface area contributed by atoms with Gasteiger partial charge in [-0.1, -0.05) is 67.6 Å². The number of sulfonamides is 1. The summed E-state index contributed by atoms with van der Waals surface area (Å²) in [6.45, 7) is 4.49. The molecule has 31 heavy (non-hydrogen) atoms. The van der Waals surface area contributed by atoms with Crippen LogP contribution in [0.25, 0.3) is 0 Å². The van der Waals surface area contributed by atoms with Crippen LogP contribution in [-0.2, 0) is 16.6 Å². The maximum absolute atomic E-state index is 12.9. The Kier molecular flexibility index (Phi) is 8.21. The third kappa shape index (κ3) is 6.61. The van der Waals surface area contributed by atoms with Crippen LogP contribution in [-0.4, -0.2) is 14.5 Å². The zero-order valence-electron chi connectivity index (χ0n) is 18.4. The smallest absolute Gasteiger partial charge is 0.261 e. The molecule has 2 aromatic carbocycles. The molecule has 168 valence electrons. The van der Waals surface area contributed by atoms with Gasteiger partial charge in [-0.25, -0.2) is 8.42 Å². The van der Waals surface area contributed by atoms with E-state index in [-0.39, 0.29) is 4.90 Å². The third-order valence-corrected chi connectivity index (χ3v) is 7.53. The molecule has 1 aliphatic rings. The molecule has 1 fully saturated rings. The van der Waals surface area contributed by atoms with E-state index in [2.05, 4.69) is 22.1 Å². The molecule has 0 spiro atoms. The summed E-state index contributed by atoms with van der Waals surface area (Å²) in [7, 11) is -3.73. The number of hydrogen-bond donors (Lipinski definition) is 2. The number of nitroso groups, excluding NO2 is 1. The quantitative estimate of drug-likeness (QED) is 0.457. The summed E-state index contributed by atoms with van der Waals surface area (Å²) in [4.78, 5) is 10.9. The van der Waals surface area contributed by atoms with Crippen molar-refractivity contribution in [1.82, 2.24) is 5.32 Å². The highest BCUT2D eigenvalue weighted by molar-refractivity contribution is 7.92. The van der Waals surface area contributed by atoms with Gasteiger partial charge in [0, 0.05) is 12.6 Å². The standard InChI is InChI=1S/C24H33N3O3S/c1-18(16-20-8-4-3-5-9-20)25-17-22-10-6-7-11-24(22)27-31(29,30)23-14-12-21(13-15-23)19(2)26-28/h6-7,10-15,18-20,25,27H,3-5,8-9,16-17H2,1-2H3/t18-,19?/m0/s1. The van der Waals surface area contributed by atoms with Crippen LogP contribution in [0.15, 0.2) is 58.6 Å². The van der Waals surface area contributed by atoms with Crippen molar-refractivity contribution in [2.24, 2.45) is 11.1 Å². The van der Waals surface area contributed by atoms with Crippen molar-refractivity contribution >= 4 is 15.7 Å². The first kappa shape index (κ1) is 23.4. The summed E-state index contributed by atoms with van der Waals surface area (Å²) in [5, 5.41) is 6.54. The molecule has 0 radical (unpaired) electrons. The monoisotopic (exact) mass is 443 g/mol. The summed E-state index contributed by atoms with van der Waals surface area (Å²) in [6.07, 6.45) is 7.85. The van der Waals surface area contributed by atoms with E-state index in [1.54, 1.807) is 25.1 Å². The highest BCUT2D eigenvalue weighted by Gasteiger charge is 2.18. The molecule has 1 saturated carbocycles. The predicted octanol–water partition coefficient (Wildman–Crippen LogP) is 5.76. The maximum Gasteiger partial charge on any atom is 0.261 e. The van der Waals surface area contributed by atoms with Gasteiger partial charge >= 0.3 is 0 Å². The van der Waals surface area contributed by atoms with Gasteiger partial charge in [-0.15, -0.1) is 0 Å². The van der Waals surface area contributed by atoms with E-state index in [0.29, 0.717) is 23.8 Å². The van der Waals surface area contributed by atoms with Crippen molar-refractivity contribution < 1.29 is 8.42 Å². The molecular weight excluding hydrogens is 410 g/mol. The fourth-order valence-electron chi connectivity index (χ4n) is 4.25. The lowest BCUT2D eigenvalue weighted by atomic mass is 9.85. The summed E-state index contributed by atoms with van der Waals surface area (Å²) in [5.74, 6) is 0.796. The zero-order valence-corrected chi connectivity index (χ0v) is 19.2. The molecule has 6 nitrogen and oxygen atoms in total. The molecular formula is C24H33N3O3S. The fourth-order valence-corrected chi connectivity index (χ4v) is 5.36. The number of rotatable bonds is 10. The Hall–Kier alpha value is -2.25. The topological polar surface area (TPSA) is 87.6 Å². The molecule has 0 aliphatic heterocycles. The zero-order chi connectivity index (χ0) is 22.3. The van der Waals surface area contributed by atoms with Gasteiger partial charge in [0.05, 0.1) is 10.6 Å². The molecule has 0 heterocycles. The number of nitrogens with one attached hydrogen (secondary N) is 2. The van der Waals surface area contributed by atoms with Gasteiger partial charge in [0.2, 0.25) is 0 Å². The van der Waals surface area contributed by atoms with E-state index in [4.69, 9.17) is 0 Å². The number of hydrogen-bond acceptors (Lipinski definition) is 5. The van der Waals surface area contributed by atoms with Gasteiger partial charge in [0.1, 0.15) is 6.04 Å². The first-order chi connectivity index (χ1) is 14.9. The van der Waals surface area contributed by atoms with Crippen molar-refractivity contribution in [3.63, 3.8) is 0 Å². The van der Waals surface area contributed by atoms with Gasteiger partial charge in [0.15, 0.2) is 0 Å². The predicted molar refractivity (Wildman–Crippen MR) is 125 cm³/mol. The van der Waals surface area contributed by atoms with E-state index in [1.165, 1.54) is 44.2 Å². The lowest BCUT2D eigenvalue weighted by Gasteiger charge is -2.25. The van der Waals surface area contributed by atoms with Crippen molar-refractivity contribution in [1.29, 1.82) is 0 Å². The number of benzene rings is 2. The Labute approximate surface area is 185 Å². The number of anilines is 1. The average Bonchev–Trinajstić information content (AvgIpc) is 2.78. The van der Waals surface area contributed by atoms with Crippen molar-refractivity contribution in [2.45, 2.75) is 75.9 Å². The molecule has 0 amide bonds. The molecule has 2 aromatic rings. The SMILES string of the molecule is CC(N=O)c1ccc(S(=O)(=O)Nc2ccccc2CN[C@@H](C)CC2CCCCC2)cc1. The van der Waals surface area contributed by atoms with E-state index < -0.39 is 16.1 Å². The summed E-state index contributed by atoms with van der Waals surface area (Å²) < 4.78 is 28.5. The number of nitrogens with zero attached hydrogens (tertiary/aromatic N) is 1. The summed E-state index contributed by atoms with van der Waals surface area (Å²) >= 11 is 0. The Morgan fingerprint density at radius 2 is 1.68 bits per heavy atom. The van der Waals surface area contributed by atoms with E-state index in [9.17, 15) is 13.3 Å². The third-order valence-electron chi connectivity index (χ3n) is 6.15. The highest BCUT2D eigenvalue weighted by atomic mass is 32.2. The average molecular weight is 444 g/mol. The van der Waals surface area contributed by atoms with E-state index >= 15 is 0 Å². The normalized spacial score (nSPS) is 17.1. The molecule has 2 N–H and O–H groups in total. The number of para-hydroxylation sites is 1. The Morgan fingerprint density at radius 1 is 1.00 bits per heavy atom. The van der Waals surface area contributed by atoms with Gasteiger partial charge in [-0.3, -0.25) is 4.72 Å². The Bertz CT molecular complexity index is 954. The van der Waals surface area contributed by atoms with Crippen LogP contribution >= 0.6 is 0 Å². The summed E-state index contributed by atoms with van der Waals surface area (Å²) in [6, 6.07) is 13.6. The molecule has 1 aliphatic carbocycles. The first-order valence-corrected chi connectivity index (χ1v) is 12.6. The summed E-state index contributed by atoms with van der Waals surface area (Å²) in [5.41, 5.74) is 2.18. The molecule has 3 rings (SSSR count). The van der Waals surface area contributed by atoms with Crippen LogP contribution in [0.4, 0.5) is 5.69 Å². The molecule has 7 heteroatoms. The van der Waals surface area contributed by atoms with Crippen LogP contribution in [0.3, 0.4) is 0 Å². The van der Waals surface area contributed by atoms with E-state index in [1.807, 2.05) is 18.2 Å². The molecule has 0 bridgehead atoms. The maximum atomic E-state index is 12.9. The minimum absolute atomic E-state index is 0.155. The van der Waals surface area contributed by atoms with Crippen LogP contribution in [0, 0.1) is 10.8 Å². The Morgan fingerprint density at radius 3 is 2.35 bits per heavy atom. The van der Waals surface area contributed by atoms with Crippen LogP contribution in [0.1, 0.15) is 69.5 Å². The van der Waals surface area contributed by atoms with Gasteiger partial charge in [-0.05, 0) is 55.5 Å². The first-order valence-electron chi connectivity index (χ1n) is 11.2. The second-order valence-corrected chi connectivity index (χ2v) is 10.3. The second-order valence-electron chi connectivity index (χ2n) is 8.63. The van der Waals surface area contributed by atoms with Crippen molar-refractivity contribution in [3.05, 3.63) is 64.6 Å². The highest BCUT2D eigenvalue weighted by Crippen LogP contribution is 2.28. The minimum atomic E-state index is -3.73. The molecule has 0 saturated heterocycles. The molecule has 1 unspecified atom stereocenters. The molecule has 0 aromatic heterocycles. The Balaban J connectivity index is 1.64. The van der Waals surface area contributed by atoms with Crippen molar-refractivity contribution in [3.8, 4) is 0 Å². The largest absolute Gasteiger partial charge is 0.310 e. The molecule has 2 atom stereocenters. The van der Waals surface area contributed by atoms with Crippen LogP contribution in [0.2, 0.25) is 0 Å². The van der Waals surface area contributed by atoms with Gasteiger partial charge < -0.3 is 5.32 Å². The second kappa shape index (κ2) is 10.9. The fraction of sp³-hybridized carbons (Fsp3) is 0.500. The van der Waals surface area contributed by atoms with Crippen LogP contribution < -0.4 is 10.0 Å². The van der Waals surface area contributed by atoms with Crippen LogP contribution in [0.5, 0.6) is 0 Å². The van der Waals surface area contributed by atoms with Gasteiger partial charge in [0.25, 0.3) is 10.0 Å². The van der Waals surface area contributed by atoms with E-state index in [0.717, 1.165) is 17.9 Å². The lowest BCUT2D eigenvalue weighted by molar-refractivity contribution is 0.305. The van der Waals surface area contributed by atoms with Gasteiger partial charge in [-0.2, -0.15) is 4.91 Å². The lowest BCUT2D eigenvalue weighted by Crippen LogP contribution is -2.29. The van der Waals surface area contributed by atoms with Crippen molar-refractivity contribution in [2.75, 3.05) is 4.72 Å².